The summed E-state index contributed by atoms with van der Waals surface area (Å²) in [6.07, 6.45) is 4.81. The molecular weight excluding hydrogens is 216 g/mol. The van der Waals surface area contributed by atoms with Crippen LogP contribution in [0.2, 0.25) is 0 Å². The summed E-state index contributed by atoms with van der Waals surface area (Å²) in [4.78, 5) is 8.34. The number of hydrogen-bond acceptors (Lipinski definition) is 5. The van der Waals surface area contributed by atoms with Crippen molar-refractivity contribution >= 4 is 0 Å². The van der Waals surface area contributed by atoms with Gasteiger partial charge in [0.15, 0.2) is 5.82 Å². The highest BCUT2D eigenvalue weighted by Crippen LogP contribution is 2.18. The molecule has 1 N–H and O–H groups in total. The van der Waals surface area contributed by atoms with Crippen molar-refractivity contribution < 1.29 is 5.11 Å². The normalized spacial score (nSPS) is 10.5. The van der Waals surface area contributed by atoms with E-state index in [2.05, 4.69) is 20.2 Å². The van der Waals surface area contributed by atoms with Gasteiger partial charge >= 0.3 is 0 Å². The lowest BCUT2D eigenvalue weighted by Crippen LogP contribution is -2.01. The van der Waals surface area contributed by atoms with Crippen molar-refractivity contribution in [1.82, 2.24) is 20.2 Å². The minimum atomic E-state index is 0.163. The van der Waals surface area contributed by atoms with E-state index in [0.717, 1.165) is 17.7 Å². The highest BCUT2D eigenvalue weighted by molar-refractivity contribution is 5.53. The molecule has 2 aromatic rings. The first-order valence-electron chi connectivity index (χ1n) is 5.52. The molecule has 0 aliphatic carbocycles. The Morgan fingerprint density at radius 3 is 2.65 bits per heavy atom. The van der Waals surface area contributed by atoms with Crippen LogP contribution in [0.3, 0.4) is 0 Å². The zero-order valence-electron chi connectivity index (χ0n) is 9.67. The molecule has 2 aromatic heterocycles. The lowest BCUT2D eigenvalue weighted by molar-refractivity contribution is 0.288. The number of nitrogens with zero attached hydrogens (tertiary/aromatic N) is 4. The van der Waals surface area contributed by atoms with Crippen LogP contribution in [0.5, 0.6) is 0 Å². The molecule has 0 aromatic carbocycles. The maximum atomic E-state index is 8.89. The van der Waals surface area contributed by atoms with Gasteiger partial charge in [-0.25, -0.2) is 9.97 Å². The van der Waals surface area contributed by atoms with E-state index in [-0.39, 0.29) is 6.61 Å². The first-order chi connectivity index (χ1) is 8.31. The summed E-state index contributed by atoms with van der Waals surface area (Å²) >= 11 is 0. The van der Waals surface area contributed by atoms with Gasteiger partial charge in [0.25, 0.3) is 0 Å². The second kappa shape index (κ2) is 5.45. The monoisotopic (exact) mass is 230 g/mol. The molecule has 5 nitrogen and oxygen atoms in total. The van der Waals surface area contributed by atoms with Crippen molar-refractivity contribution in [2.24, 2.45) is 0 Å². The smallest absolute Gasteiger partial charge is 0.180 e. The first-order valence-corrected chi connectivity index (χ1v) is 5.52. The molecule has 0 saturated carbocycles. The van der Waals surface area contributed by atoms with Gasteiger partial charge in [-0.1, -0.05) is 0 Å². The Morgan fingerprint density at radius 1 is 1.18 bits per heavy atom. The molecule has 0 atom stereocenters. The summed E-state index contributed by atoms with van der Waals surface area (Å²) in [5.41, 5.74) is 2.58. The van der Waals surface area contributed by atoms with Gasteiger partial charge in [-0.05, 0) is 37.5 Å². The van der Waals surface area contributed by atoms with Crippen LogP contribution >= 0.6 is 0 Å². The van der Waals surface area contributed by atoms with Crippen LogP contribution in [0.15, 0.2) is 24.5 Å². The fourth-order valence-corrected chi connectivity index (χ4v) is 1.61. The molecule has 0 bridgehead atoms. The van der Waals surface area contributed by atoms with Gasteiger partial charge in [0.2, 0.25) is 0 Å². The lowest BCUT2D eigenvalue weighted by Gasteiger charge is -2.06. The van der Waals surface area contributed by atoms with Crippen molar-refractivity contribution in [1.29, 1.82) is 0 Å². The Kier molecular flexibility index (Phi) is 3.72. The molecule has 88 valence electrons. The molecular formula is C12H14N4O. The quantitative estimate of drug-likeness (QED) is 0.853. The Balaban J connectivity index is 2.39. The summed E-state index contributed by atoms with van der Waals surface area (Å²) in [7, 11) is 0. The van der Waals surface area contributed by atoms with Crippen LogP contribution < -0.4 is 0 Å². The van der Waals surface area contributed by atoms with Crippen molar-refractivity contribution in [3.05, 3.63) is 35.8 Å². The number of aliphatic hydroxyl groups is 1. The minimum absolute atomic E-state index is 0.163. The van der Waals surface area contributed by atoms with Gasteiger partial charge in [-0.3, -0.25) is 0 Å². The second-order valence-corrected chi connectivity index (χ2v) is 3.76. The molecule has 0 unspecified atom stereocenters. The van der Waals surface area contributed by atoms with E-state index >= 15 is 0 Å². The number of rotatable bonds is 4. The molecule has 2 rings (SSSR count). The summed E-state index contributed by atoms with van der Waals surface area (Å²) in [6, 6.07) is 3.73. The van der Waals surface area contributed by atoms with Crippen LogP contribution in [-0.2, 0) is 6.42 Å². The summed E-state index contributed by atoms with van der Waals surface area (Å²) in [6.45, 7) is 2.06. The maximum Gasteiger partial charge on any atom is 0.180 e. The van der Waals surface area contributed by atoms with E-state index in [9.17, 15) is 0 Å². The molecule has 0 saturated heterocycles. The molecule has 0 aliphatic rings. The average molecular weight is 230 g/mol. The number of aliphatic hydroxyl groups excluding tert-OH is 1. The van der Waals surface area contributed by atoms with Gasteiger partial charge in [0, 0.05) is 19.0 Å². The zero-order chi connectivity index (χ0) is 12.1. The standard InChI is InChI=1S/C12H14N4O/c1-9-8-10(4-2-7-17)11(16-15-9)12-13-5-3-6-14-12/h3,5-6,8,17H,2,4,7H2,1H3. The van der Waals surface area contributed by atoms with Crippen molar-refractivity contribution in [3.8, 4) is 11.5 Å². The Morgan fingerprint density at radius 2 is 1.94 bits per heavy atom. The van der Waals surface area contributed by atoms with Gasteiger partial charge in [0.05, 0.1) is 5.69 Å². The number of hydrogen-bond donors (Lipinski definition) is 1. The van der Waals surface area contributed by atoms with Crippen LogP contribution in [0.1, 0.15) is 17.7 Å². The molecule has 0 spiro atoms. The Hall–Kier alpha value is -1.88. The third-order valence-electron chi connectivity index (χ3n) is 2.38. The summed E-state index contributed by atoms with van der Waals surface area (Å²) in [5.74, 6) is 0.577. The zero-order valence-corrected chi connectivity index (χ0v) is 9.67. The van der Waals surface area contributed by atoms with Crippen LogP contribution in [0.4, 0.5) is 0 Å². The first kappa shape index (κ1) is 11.6. The summed E-state index contributed by atoms with van der Waals surface area (Å²) < 4.78 is 0. The van der Waals surface area contributed by atoms with E-state index < -0.39 is 0 Å². The lowest BCUT2D eigenvalue weighted by atomic mass is 10.1. The Labute approximate surface area is 99.6 Å². The highest BCUT2D eigenvalue weighted by Gasteiger charge is 2.10. The van der Waals surface area contributed by atoms with Gasteiger partial charge in [0.1, 0.15) is 5.69 Å². The van der Waals surface area contributed by atoms with Gasteiger partial charge in [-0.15, -0.1) is 5.10 Å². The van der Waals surface area contributed by atoms with Crippen LogP contribution in [-0.4, -0.2) is 31.9 Å². The van der Waals surface area contributed by atoms with E-state index in [1.54, 1.807) is 18.5 Å². The number of aromatic nitrogens is 4. The summed E-state index contributed by atoms with van der Waals surface area (Å²) in [5, 5.41) is 17.1. The average Bonchev–Trinajstić information content (AvgIpc) is 2.37. The number of aryl methyl sites for hydroxylation is 2. The SMILES string of the molecule is Cc1cc(CCCO)c(-c2ncccn2)nn1. The van der Waals surface area contributed by atoms with Gasteiger partial charge < -0.3 is 5.11 Å². The minimum Gasteiger partial charge on any atom is -0.396 e. The molecule has 5 heteroatoms. The largest absolute Gasteiger partial charge is 0.396 e. The predicted octanol–water partition coefficient (Wildman–Crippen LogP) is 1.17. The molecule has 0 amide bonds. The van der Waals surface area contributed by atoms with E-state index in [1.807, 2.05) is 13.0 Å². The second-order valence-electron chi connectivity index (χ2n) is 3.76. The topological polar surface area (TPSA) is 71.8 Å². The van der Waals surface area contributed by atoms with E-state index in [4.69, 9.17) is 5.11 Å². The highest BCUT2D eigenvalue weighted by atomic mass is 16.2. The van der Waals surface area contributed by atoms with E-state index in [0.29, 0.717) is 17.9 Å². The molecule has 0 radical (unpaired) electrons. The third kappa shape index (κ3) is 2.82. The Bertz CT molecular complexity index is 487. The molecule has 0 fully saturated rings. The van der Waals surface area contributed by atoms with Crippen molar-refractivity contribution in [2.45, 2.75) is 19.8 Å². The van der Waals surface area contributed by atoms with E-state index in [1.165, 1.54) is 0 Å². The van der Waals surface area contributed by atoms with Crippen LogP contribution in [0, 0.1) is 6.92 Å². The van der Waals surface area contributed by atoms with Crippen molar-refractivity contribution in [3.63, 3.8) is 0 Å². The molecule has 17 heavy (non-hydrogen) atoms. The van der Waals surface area contributed by atoms with Crippen LogP contribution in [0.25, 0.3) is 11.5 Å². The predicted molar refractivity (Wildman–Crippen MR) is 63.2 cm³/mol. The fraction of sp³-hybridized carbons (Fsp3) is 0.333. The van der Waals surface area contributed by atoms with Gasteiger partial charge in [-0.2, -0.15) is 5.10 Å². The maximum absolute atomic E-state index is 8.89. The fourth-order valence-electron chi connectivity index (χ4n) is 1.61. The molecule has 2 heterocycles. The van der Waals surface area contributed by atoms with Crippen molar-refractivity contribution in [2.75, 3.05) is 6.61 Å². The third-order valence-corrected chi connectivity index (χ3v) is 2.38. The molecule has 0 aliphatic heterocycles.